The van der Waals surface area contributed by atoms with Gasteiger partial charge in [0.15, 0.2) is 17.5 Å². The van der Waals surface area contributed by atoms with E-state index in [2.05, 4.69) is 152 Å². The third kappa shape index (κ3) is 4.79. The topological polar surface area (TPSA) is 64.7 Å². The van der Waals surface area contributed by atoms with Gasteiger partial charge >= 0.3 is 0 Å². The van der Waals surface area contributed by atoms with Crippen molar-refractivity contribution in [3.8, 4) is 45.4 Å². The molecule has 3 aromatic heterocycles. The van der Waals surface area contributed by atoms with Gasteiger partial charge in [0, 0.05) is 49.2 Å². The van der Waals surface area contributed by atoms with Crippen molar-refractivity contribution in [3.05, 3.63) is 170 Å². The molecule has 0 atom stereocenters. The predicted octanol–water partition coefficient (Wildman–Crippen LogP) is 12.4. The Hall–Kier alpha value is -7.24. The van der Waals surface area contributed by atoms with Crippen molar-refractivity contribution in [1.82, 2.24) is 19.9 Å². The van der Waals surface area contributed by atoms with E-state index in [1.807, 2.05) is 18.2 Å². The van der Waals surface area contributed by atoms with Crippen molar-refractivity contribution in [3.63, 3.8) is 0 Å². The van der Waals surface area contributed by atoms with Crippen LogP contribution in [0.2, 0.25) is 0 Å². The summed E-state index contributed by atoms with van der Waals surface area (Å²) in [5.41, 5.74) is 7.11. The maximum Gasteiger partial charge on any atom is 0.166 e. The van der Waals surface area contributed by atoms with E-state index in [0.717, 1.165) is 93.1 Å². The predicted molar refractivity (Wildman–Crippen MR) is 217 cm³/mol. The fourth-order valence-corrected chi connectivity index (χ4v) is 7.74. The summed E-state index contributed by atoms with van der Waals surface area (Å²) in [5, 5.41) is 9.89. The van der Waals surface area contributed by atoms with E-state index >= 15 is 0 Å². The summed E-state index contributed by atoms with van der Waals surface area (Å²) in [7, 11) is 0. The highest BCUT2D eigenvalue weighted by Gasteiger charge is 2.21. The van der Waals surface area contributed by atoms with Gasteiger partial charge in [-0.1, -0.05) is 133 Å². The summed E-state index contributed by atoms with van der Waals surface area (Å²) in [4.78, 5) is 21.0. The van der Waals surface area contributed by atoms with Crippen LogP contribution in [0.4, 0.5) is 0 Å². The first-order valence-electron chi connectivity index (χ1n) is 17.7. The van der Waals surface area contributed by atoms with E-state index in [-0.39, 0.29) is 0 Å². The molecule has 246 valence electrons. The Labute approximate surface area is 303 Å². The molecule has 8 aromatic carbocycles. The normalized spacial score (nSPS) is 11.8. The zero-order valence-electron chi connectivity index (χ0n) is 28.4. The maximum atomic E-state index is 6.41. The third-order valence-corrected chi connectivity index (χ3v) is 10.3. The van der Waals surface area contributed by atoms with Crippen LogP contribution in [-0.4, -0.2) is 19.9 Å². The Morgan fingerprint density at radius 1 is 0.340 bits per heavy atom. The smallest absolute Gasteiger partial charge is 0.166 e. The number of furan rings is 1. The molecule has 0 amide bonds. The van der Waals surface area contributed by atoms with E-state index in [9.17, 15) is 0 Å². The Bertz CT molecular complexity index is 3140. The number of pyridine rings is 1. The Morgan fingerprint density at radius 2 is 0.943 bits per heavy atom. The van der Waals surface area contributed by atoms with Gasteiger partial charge in [0.05, 0.1) is 11.2 Å². The highest BCUT2D eigenvalue weighted by atomic mass is 16.3. The lowest BCUT2D eigenvalue weighted by Crippen LogP contribution is -2.01. The number of rotatable bonds is 4. The number of hydrogen-bond donors (Lipinski definition) is 0. The van der Waals surface area contributed by atoms with Crippen LogP contribution in [0, 0.1) is 0 Å². The lowest BCUT2D eigenvalue weighted by atomic mass is 9.95. The fraction of sp³-hybridized carbons (Fsp3) is 0. The van der Waals surface area contributed by atoms with Crippen molar-refractivity contribution in [2.45, 2.75) is 0 Å². The Balaban J connectivity index is 1.23. The number of para-hydroxylation sites is 2. The van der Waals surface area contributed by atoms with Crippen LogP contribution in [0.5, 0.6) is 0 Å². The molecule has 5 nitrogen and oxygen atoms in total. The summed E-state index contributed by atoms with van der Waals surface area (Å²) in [6.07, 6.45) is 0. The van der Waals surface area contributed by atoms with Gasteiger partial charge in [0.25, 0.3) is 0 Å². The van der Waals surface area contributed by atoms with Crippen molar-refractivity contribution in [2.24, 2.45) is 0 Å². The van der Waals surface area contributed by atoms with Gasteiger partial charge in [-0.25, -0.2) is 19.9 Å². The van der Waals surface area contributed by atoms with Gasteiger partial charge in [0.1, 0.15) is 11.2 Å². The van der Waals surface area contributed by atoms with E-state index in [1.165, 1.54) is 0 Å². The van der Waals surface area contributed by atoms with Crippen LogP contribution in [0.3, 0.4) is 0 Å². The Kier molecular flexibility index (Phi) is 6.48. The molecule has 0 unspecified atom stereocenters. The highest BCUT2D eigenvalue weighted by molar-refractivity contribution is 6.29. The molecule has 5 heteroatoms. The summed E-state index contributed by atoms with van der Waals surface area (Å²) < 4.78 is 6.41. The zero-order chi connectivity index (χ0) is 34.9. The van der Waals surface area contributed by atoms with Gasteiger partial charge in [-0.2, -0.15) is 0 Å². The molecule has 0 saturated heterocycles. The molecule has 0 aliphatic heterocycles. The van der Waals surface area contributed by atoms with Crippen molar-refractivity contribution in [1.29, 1.82) is 0 Å². The van der Waals surface area contributed by atoms with Gasteiger partial charge < -0.3 is 4.42 Å². The van der Waals surface area contributed by atoms with E-state index in [1.54, 1.807) is 0 Å². The lowest BCUT2D eigenvalue weighted by molar-refractivity contribution is 0.669. The van der Waals surface area contributed by atoms with Crippen molar-refractivity contribution in [2.75, 3.05) is 0 Å². The van der Waals surface area contributed by atoms with Crippen molar-refractivity contribution < 1.29 is 4.42 Å². The van der Waals surface area contributed by atoms with E-state index in [4.69, 9.17) is 24.4 Å². The molecular formula is C48H28N4O. The van der Waals surface area contributed by atoms with Crippen LogP contribution in [0.1, 0.15) is 0 Å². The van der Waals surface area contributed by atoms with E-state index in [0.29, 0.717) is 17.5 Å². The average Bonchev–Trinajstić information content (AvgIpc) is 3.62. The second-order valence-corrected chi connectivity index (χ2v) is 13.4. The minimum Gasteiger partial charge on any atom is -0.456 e. The summed E-state index contributed by atoms with van der Waals surface area (Å²) in [6.45, 7) is 0. The van der Waals surface area contributed by atoms with Gasteiger partial charge in [-0.3, -0.25) is 0 Å². The average molecular weight is 677 g/mol. The molecule has 0 N–H and O–H groups in total. The molecule has 0 aliphatic rings. The van der Waals surface area contributed by atoms with Gasteiger partial charge in [-0.15, -0.1) is 0 Å². The number of benzene rings is 8. The maximum absolute atomic E-state index is 6.41. The molecule has 0 radical (unpaired) electrons. The quantitative estimate of drug-likeness (QED) is 0.174. The highest BCUT2D eigenvalue weighted by Crippen LogP contribution is 2.43. The first kappa shape index (κ1) is 29.5. The lowest BCUT2D eigenvalue weighted by Gasteiger charge is -2.14. The molecular weight excluding hydrogens is 649 g/mol. The monoisotopic (exact) mass is 676 g/mol. The summed E-state index contributed by atoms with van der Waals surface area (Å²) >= 11 is 0. The summed E-state index contributed by atoms with van der Waals surface area (Å²) in [5.74, 6) is 1.77. The van der Waals surface area contributed by atoms with Crippen LogP contribution in [0.25, 0.3) is 111 Å². The molecule has 0 bridgehead atoms. The van der Waals surface area contributed by atoms with Crippen LogP contribution in [-0.2, 0) is 0 Å². The zero-order valence-corrected chi connectivity index (χ0v) is 28.4. The molecule has 53 heavy (non-hydrogen) atoms. The first-order chi connectivity index (χ1) is 26.2. The molecule has 3 heterocycles. The molecule has 11 aromatic rings. The largest absolute Gasteiger partial charge is 0.456 e. The fourth-order valence-electron chi connectivity index (χ4n) is 7.74. The third-order valence-electron chi connectivity index (χ3n) is 10.3. The van der Waals surface area contributed by atoms with Crippen LogP contribution >= 0.6 is 0 Å². The van der Waals surface area contributed by atoms with Gasteiger partial charge in [-0.05, 0) is 57.9 Å². The minimum atomic E-state index is 0.562. The SMILES string of the molecule is c1ccc(-c2nc3c(-c4nc(-c5ccc6ccccc6c5)nc(-c5ccc6ccccc6c5)n4)cccc3c3c2ccc2oc4ccccc4c23)cc1. The number of fused-ring (bicyclic) bond motifs is 9. The molecule has 11 rings (SSSR count). The summed E-state index contributed by atoms with van der Waals surface area (Å²) in [6, 6.07) is 58.6. The second kappa shape index (κ2) is 11.7. The second-order valence-electron chi connectivity index (χ2n) is 13.4. The van der Waals surface area contributed by atoms with Gasteiger partial charge in [0.2, 0.25) is 0 Å². The number of hydrogen-bond acceptors (Lipinski definition) is 5. The molecule has 0 saturated carbocycles. The number of nitrogens with zero attached hydrogens (tertiary/aromatic N) is 4. The number of aromatic nitrogens is 4. The Morgan fingerprint density at radius 3 is 1.66 bits per heavy atom. The van der Waals surface area contributed by atoms with Crippen LogP contribution in [0.15, 0.2) is 174 Å². The van der Waals surface area contributed by atoms with E-state index < -0.39 is 0 Å². The molecule has 0 aliphatic carbocycles. The molecule has 0 spiro atoms. The van der Waals surface area contributed by atoms with Crippen molar-refractivity contribution >= 4 is 65.2 Å². The van der Waals surface area contributed by atoms with Crippen LogP contribution < -0.4 is 0 Å². The minimum absolute atomic E-state index is 0.562. The first-order valence-corrected chi connectivity index (χ1v) is 17.7. The molecule has 0 fully saturated rings. The standard InChI is InChI=1S/C48H28N4O/c1-2-13-31(14-3-1)44-38-25-26-41-43(36-17-8-9-20-40(36)53-41)42(38)37-18-10-19-39(45(37)49-44)48-51-46(34-23-21-29-11-4-6-15-32(29)27-34)50-47(52-48)35-24-22-30-12-5-7-16-33(30)28-35/h1-28H.